The van der Waals surface area contributed by atoms with Crippen LogP contribution in [-0.4, -0.2) is 44.7 Å². The number of rotatable bonds is 4. The zero-order chi connectivity index (χ0) is 23.1. The molecule has 0 amide bonds. The van der Waals surface area contributed by atoms with Crippen molar-refractivity contribution in [1.82, 2.24) is 9.97 Å². The Bertz CT molecular complexity index is 1350. The molecular weight excluding hydrogens is 431 g/mol. The van der Waals surface area contributed by atoms with Crippen molar-refractivity contribution < 1.29 is 13.3 Å². The van der Waals surface area contributed by atoms with Gasteiger partial charge in [-0.1, -0.05) is 0 Å². The van der Waals surface area contributed by atoms with Crippen LogP contribution in [0.1, 0.15) is 25.5 Å². The maximum atomic E-state index is 14.8. The van der Waals surface area contributed by atoms with Gasteiger partial charge in [-0.3, -0.25) is 9.98 Å². The highest BCUT2D eigenvalue weighted by Crippen LogP contribution is 2.36. The number of anilines is 2. The maximum Gasteiger partial charge on any atom is 0.139 e. The fourth-order valence-corrected chi connectivity index (χ4v) is 5.75. The van der Waals surface area contributed by atoms with Crippen molar-refractivity contribution in [2.75, 3.05) is 25.2 Å². The van der Waals surface area contributed by atoms with Gasteiger partial charge in [0.15, 0.2) is 0 Å². The molecule has 2 atom stereocenters. The Balaban J connectivity index is 1.73. The molecule has 2 unspecified atom stereocenters. The van der Waals surface area contributed by atoms with E-state index in [1.807, 2.05) is 0 Å². The van der Waals surface area contributed by atoms with Crippen LogP contribution < -0.4 is 15.8 Å². The number of benzene rings is 1. The molecule has 1 aliphatic heterocycles. The second kappa shape index (κ2) is 8.01. The summed E-state index contributed by atoms with van der Waals surface area (Å²) in [7, 11) is 0.346. The molecule has 0 bridgehead atoms. The molecule has 168 valence electrons. The molecule has 0 aliphatic carbocycles. The SMILES string of the molecule is CN=S1(=O)CC(c2cc(Nc3ccnc4cc(OC)cnc34)ccc2F)N=C(N)C1(C)C. The zero-order valence-corrected chi connectivity index (χ0v) is 19.1. The van der Waals surface area contributed by atoms with Crippen LogP contribution in [-0.2, 0) is 9.73 Å². The number of ether oxygens (including phenoxy) is 1. The van der Waals surface area contributed by atoms with Crippen molar-refractivity contribution in [3.8, 4) is 5.75 Å². The topological polar surface area (TPSA) is 115 Å². The first kappa shape index (κ1) is 21.9. The summed E-state index contributed by atoms with van der Waals surface area (Å²) in [6, 6.07) is 7.50. The lowest BCUT2D eigenvalue weighted by molar-refractivity contribution is 0.413. The molecule has 3 aromatic rings. The molecule has 0 radical (unpaired) electrons. The van der Waals surface area contributed by atoms with Crippen LogP contribution in [0.15, 0.2) is 52.1 Å². The number of aliphatic imine (C=N–C) groups is 1. The van der Waals surface area contributed by atoms with E-state index in [0.29, 0.717) is 33.7 Å². The fourth-order valence-electron chi connectivity index (χ4n) is 3.66. The summed E-state index contributed by atoms with van der Waals surface area (Å²) >= 11 is 0. The Hall–Kier alpha value is -3.27. The van der Waals surface area contributed by atoms with Gasteiger partial charge in [0, 0.05) is 30.6 Å². The number of halogens is 1. The van der Waals surface area contributed by atoms with Crippen LogP contribution in [0.3, 0.4) is 0 Å². The van der Waals surface area contributed by atoms with Gasteiger partial charge in [-0.2, -0.15) is 0 Å². The van der Waals surface area contributed by atoms with E-state index in [2.05, 4.69) is 24.6 Å². The van der Waals surface area contributed by atoms with E-state index in [9.17, 15) is 8.60 Å². The van der Waals surface area contributed by atoms with Crippen molar-refractivity contribution in [2.24, 2.45) is 15.1 Å². The van der Waals surface area contributed by atoms with Gasteiger partial charge in [-0.15, -0.1) is 0 Å². The number of nitrogens with one attached hydrogen (secondary N) is 1. The maximum absolute atomic E-state index is 14.8. The largest absolute Gasteiger partial charge is 0.495 e. The molecule has 1 aromatic carbocycles. The summed E-state index contributed by atoms with van der Waals surface area (Å²) in [4.78, 5) is 13.2. The lowest BCUT2D eigenvalue weighted by Crippen LogP contribution is -2.50. The molecule has 0 saturated carbocycles. The van der Waals surface area contributed by atoms with Gasteiger partial charge >= 0.3 is 0 Å². The molecule has 0 fully saturated rings. The molecule has 10 heteroatoms. The monoisotopic (exact) mass is 456 g/mol. The first-order valence-electron chi connectivity index (χ1n) is 10.00. The fraction of sp³-hybridized carbons (Fsp3) is 0.318. The van der Waals surface area contributed by atoms with Crippen LogP contribution in [0.4, 0.5) is 15.8 Å². The summed E-state index contributed by atoms with van der Waals surface area (Å²) in [5.74, 6) is 0.459. The van der Waals surface area contributed by atoms with E-state index in [1.54, 1.807) is 57.6 Å². The standard InChI is InChI=1S/C22H25FN6O2S/c1-22(2)21(24)29-19(12-32(22,30)25-3)15-9-13(5-6-16(15)23)28-17-7-8-26-18-10-14(31-4)11-27-20(17)18/h5-11,19H,12H2,1-4H3,(H2,24,29)(H,26,28). The van der Waals surface area contributed by atoms with Crippen molar-refractivity contribution in [1.29, 1.82) is 0 Å². The lowest BCUT2D eigenvalue weighted by Gasteiger charge is -2.35. The zero-order valence-electron chi connectivity index (χ0n) is 18.3. The predicted molar refractivity (Wildman–Crippen MR) is 126 cm³/mol. The molecular formula is C22H25FN6O2S. The molecule has 8 nitrogen and oxygen atoms in total. The molecule has 1 aliphatic rings. The van der Waals surface area contributed by atoms with Crippen LogP contribution in [0.5, 0.6) is 5.75 Å². The van der Waals surface area contributed by atoms with Crippen LogP contribution >= 0.6 is 0 Å². The first-order valence-corrected chi connectivity index (χ1v) is 11.7. The second-order valence-electron chi connectivity index (χ2n) is 7.99. The van der Waals surface area contributed by atoms with Crippen molar-refractivity contribution in [3.05, 3.63) is 54.1 Å². The molecule has 3 heterocycles. The van der Waals surface area contributed by atoms with E-state index in [-0.39, 0.29) is 11.6 Å². The molecule has 3 N–H and O–H groups in total. The summed E-state index contributed by atoms with van der Waals surface area (Å²) < 4.78 is 36.7. The second-order valence-corrected chi connectivity index (χ2v) is 11.0. The van der Waals surface area contributed by atoms with Gasteiger partial charge in [0.25, 0.3) is 0 Å². The number of methoxy groups -OCH3 is 1. The lowest BCUT2D eigenvalue weighted by atomic mass is 10.1. The number of pyridine rings is 2. The molecule has 0 saturated heterocycles. The molecule has 4 rings (SSSR count). The quantitative estimate of drug-likeness (QED) is 0.617. The minimum atomic E-state index is -2.72. The third-order valence-electron chi connectivity index (χ3n) is 5.81. The van der Waals surface area contributed by atoms with Gasteiger partial charge in [-0.05, 0) is 38.1 Å². The number of nitrogens with zero attached hydrogens (tertiary/aromatic N) is 4. The number of hydrogen-bond donors (Lipinski definition) is 2. The van der Waals surface area contributed by atoms with Gasteiger partial charge in [0.1, 0.15) is 27.7 Å². The van der Waals surface area contributed by atoms with E-state index in [1.165, 1.54) is 13.1 Å². The van der Waals surface area contributed by atoms with Crippen LogP contribution in [0.25, 0.3) is 11.0 Å². The van der Waals surface area contributed by atoms with Gasteiger partial charge in [0.2, 0.25) is 0 Å². The minimum Gasteiger partial charge on any atom is -0.495 e. The summed E-state index contributed by atoms with van der Waals surface area (Å²) in [5.41, 5.74) is 9.08. The third-order valence-corrected chi connectivity index (χ3v) is 8.97. The molecule has 2 aromatic heterocycles. The first-order chi connectivity index (χ1) is 15.2. The Morgan fingerprint density at radius 2 is 2.06 bits per heavy atom. The van der Waals surface area contributed by atoms with Gasteiger partial charge in [-0.25, -0.2) is 17.9 Å². The van der Waals surface area contributed by atoms with E-state index >= 15 is 0 Å². The Labute approximate surface area is 186 Å². The number of hydrogen-bond acceptors (Lipinski definition) is 8. The number of amidine groups is 1. The summed E-state index contributed by atoms with van der Waals surface area (Å²) in [6.07, 6.45) is 3.26. The smallest absolute Gasteiger partial charge is 0.139 e. The minimum absolute atomic E-state index is 0.0944. The van der Waals surface area contributed by atoms with Crippen molar-refractivity contribution >= 4 is 38.0 Å². The number of fused-ring (bicyclic) bond motifs is 1. The third kappa shape index (κ3) is 3.64. The van der Waals surface area contributed by atoms with Crippen molar-refractivity contribution in [3.63, 3.8) is 0 Å². The highest BCUT2D eigenvalue weighted by atomic mass is 32.2. The predicted octanol–water partition coefficient (Wildman–Crippen LogP) is 3.81. The summed E-state index contributed by atoms with van der Waals surface area (Å²) in [5, 5.41) is 3.27. The van der Waals surface area contributed by atoms with E-state index in [4.69, 9.17) is 10.5 Å². The summed E-state index contributed by atoms with van der Waals surface area (Å²) in [6.45, 7) is 3.50. The molecule has 0 spiro atoms. The average Bonchev–Trinajstić information content (AvgIpc) is 2.78. The molecule has 32 heavy (non-hydrogen) atoms. The average molecular weight is 457 g/mol. The van der Waals surface area contributed by atoms with E-state index in [0.717, 1.165) is 0 Å². The number of aromatic nitrogens is 2. The highest BCUT2D eigenvalue weighted by molar-refractivity contribution is 7.95. The Morgan fingerprint density at radius 3 is 2.78 bits per heavy atom. The van der Waals surface area contributed by atoms with Crippen LogP contribution in [0, 0.1) is 5.82 Å². The van der Waals surface area contributed by atoms with Gasteiger partial charge < -0.3 is 15.8 Å². The van der Waals surface area contributed by atoms with Crippen molar-refractivity contribution in [2.45, 2.75) is 24.6 Å². The van der Waals surface area contributed by atoms with Crippen LogP contribution in [0.2, 0.25) is 0 Å². The number of nitrogens with two attached hydrogens (primary N) is 1. The van der Waals surface area contributed by atoms with Gasteiger partial charge in [0.05, 0.1) is 46.0 Å². The Morgan fingerprint density at radius 1 is 1.28 bits per heavy atom. The normalized spacial score (nSPS) is 22.3. The highest BCUT2D eigenvalue weighted by Gasteiger charge is 2.42. The van der Waals surface area contributed by atoms with E-state index < -0.39 is 26.3 Å². The Kier molecular flexibility index (Phi) is 5.49.